The fraction of sp³-hybridized carbons (Fsp3) is 1.00. The van der Waals surface area contributed by atoms with Crippen molar-refractivity contribution >= 4 is 11.8 Å². The Kier molecular flexibility index (Phi) is 3.88. The van der Waals surface area contributed by atoms with Crippen LogP contribution in [-0.4, -0.2) is 61.5 Å². The first kappa shape index (κ1) is 11.6. The van der Waals surface area contributed by atoms with Gasteiger partial charge in [-0.2, -0.15) is 0 Å². The fourth-order valence-electron chi connectivity index (χ4n) is 2.33. The molecule has 2 fully saturated rings. The minimum Gasteiger partial charge on any atom is -0.314 e. The van der Waals surface area contributed by atoms with Gasteiger partial charge in [-0.25, -0.2) is 4.39 Å². The van der Waals surface area contributed by atoms with Crippen molar-refractivity contribution in [3.8, 4) is 0 Å². The van der Waals surface area contributed by atoms with Gasteiger partial charge in [0, 0.05) is 45.7 Å². The summed E-state index contributed by atoms with van der Waals surface area (Å²) in [6.07, 6.45) is 2.69. The van der Waals surface area contributed by atoms with Gasteiger partial charge < -0.3 is 10.6 Å². The summed E-state index contributed by atoms with van der Waals surface area (Å²) in [5.74, 6) is 0. The number of rotatable bonds is 3. The molecule has 2 aliphatic heterocycles. The van der Waals surface area contributed by atoms with Crippen molar-refractivity contribution in [2.45, 2.75) is 17.5 Å². The molecule has 0 aromatic carbocycles. The highest BCUT2D eigenvalue weighted by Crippen LogP contribution is 2.29. The Balaban J connectivity index is 1.82. The van der Waals surface area contributed by atoms with Crippen LogP contribution in [0.1, 0.15) is 6.42 Å². The molecule has 0 saturated carbocycles. The lowest BCUT2D eigenvalue weighted by molar-refractivity contribution is 0.101. The molecule has 2 heterocycles. The molecular weight excluding hydrogens is 213 g/mol. The molecule has 3 nitrogen and oxygen atoms in total. The molecule has 0 radical (unpaired) electrons. The monoisotopic (exact) mass is 233 g/mol. The zero-order valence-corrected chi connectivity index (χ0v) is 10.1. The average molecular weight is 233 g/mol. The van der Waals surface area contributed by atoms with Crippen molar-refractivity contribution in [3.05, 3.63) is 0 Å². The molecule has 5 heteroatoms. The highest BCUT2D eigenvalue weighted by molar-refractivity contribution is 7.99. The van der Waals surface area contributed by atoms with Crippen LogP contribution in [0, 0.1) is 0 Å². The molecule has 0 aliphatic carbocycles. The Morgan fingerprint density at radius 2 is 2.20 bits per heavy atom. The molecule has 88 valence electrons. The van der Waals surface area contributed by atoms with Gasteiger partial charge in [0.2, 0.25) is 0 Å². The average Bonchev–Trinajstić information content (AvgIpc) is 2.61. The van der Waals surface area contributed by atoms with Gasteiger partial charge in [-0.15, -0.1) is 11.8 Å². The zero-order chi connectivity index (χ0) is 10.7. The van der Waals surface area contributed by atoms with E-state index in [9.17, 15) is 4.39 Å². The van der Waals surface area contributed by atoms with E-state index in [1.165, 1.54) is 0 Å². The van der Waals surface area contributed by atoms with Gasteiger partial charge in [-0.1, -0.05) is 0 Å². The van der Waals surface area contributed by atoms with E-state index in [1.54, 1.807) is 11.8 Å². The van der Waals surface area contributed by atoms with Gasteiger partial charge in [0.1, 0.15) is 5.67 Å². The molecule has 2 rings (SSSR count). The predicted octanol–water partition coefficient (Wildman–Crippen LogP) is 0.282. The number of nitrogens with zero attached hydrogens (tertiary/aromatic N) is 1. The van der Waals surface area contributed by atoms with Crippen LogP contribution in [0.5, 0.6) is 0 Å². The molecule has 0 bridgehead atoms. The Hall–Kier alpha value is 0.160. The van der Waals surface area contributed by atoms with Gasteiger partial charge in [0.25, 0.3) is 0 Å². The second-order valence-electron chi connectivity index (χ2n) is 4.49. The molecule has 0 aromatic heterocycles. The summed E-state index contributed by atoms with van der Waals surface area (Å²) in [6, 6.07) is 0. The Morgan fingerprint density at radius 1 is 1.47 bits per heavy atom. The first-order chi connectivity index (χ1) is 7.22. The number of hydrogen-bond donors (Lipinski definition) is 2. The van der Waals surface area contributed by atoms with E-state index in [1.807, 2.05) is 6.26 Å². The Labute approximate surface area is 95.2 Å². The minimum atomic E-state index is -1.01. The molecule has 2 N–H and O–H groups in total. The maximum absolute atomic E-state index is 14.4. The number of thioether (sulfide) groups is 1. The summed E-state index contributed by atoms with van der Waals surface area (Å²) in [4.78, 5) is 2.24. The van der Waals surface area contributed by atoms with Gasteiger partial charge in [0.15, 0.2) is 0 Å². The third-order valence-corrected chi connectivity index (χ3v) is 4.10. The largest absolute Gasteiger partial charge is 0.314 e. The number of hydrogen-bond acceptors (Lipinski definition) is 4. The number of piperazine rings is 1. The summed E-state index contributed by atoms with van der Waals surface area (Å²) < 4.78 is 14.4. The summed E-state index contributed by atoms with van der Waals surface area (Å²) in [5, 5.41) is 6.82. The predicted molar refractivity (Wildman–Crippen MR) is 63.1 cm³/mol. The first-order valence-electron chi connectivity index (χ1n) is 5.60. The van der Waals surface area contributed by atoms with Crippen molar-refractivity contribution in [1.29, 1.82) is 0 Å². The van der Waals surface area contributed by atoms with Gasteiger partial charge in [-0.05, 0) is 6.26 Å². The van der Waals surface area contributed by atoms with E-state index >= 15 is 0 Å². The van der Waals surface area contributed by atoms with Crippen molar-refractivity contribution in [2.75, 3.05) is 45.5 Å². The van der Waals surface area contributed by atoms with E-state index in [4.69, 9.17) is 0 Å². The first-order valence-corrected chi connectivity index (χ1v) is 6.89. The zero-order valence-electron chi connectivity index (χ0n) is 9.26. The van der Waals surface area contributed by atoms with Crippen LogP contribution in [0.2, 0.25) is 0 Å². The topological polar surface area (TPSA) is 27.3 Å². The second kappa shape index (κ2) is 4.99. The number of alkyl halides is 1. The van der Waals surface area contributed by atoms with Crippen molar-refractivity contribution < 1.29 is 4.39 Å². The lowest BCUT2D eigenvalue weighted by Gasteiger charge is -2.32. The van der Waals surface area contributed by atoms with Crippen LogP contribution in [0.25, 0.3) is 0 Å². The third-order valence-electron chi connectivity index (χ3n) is 3.20. The SMILES string of the molecule is CS[C@@H]1C[C@](F)(CN2CCNCC2)CN1. The summed E-state index contributed by atoms with van der Waals surface area (Å²) in [6.45, 7) is 5.07. The highest BCUT2D eigenvalue weighted by atomic mass is 32.2. The lowest BCUT2D eigenvalue weighted by Crippen LogP contribution is -2.49. The van der Waals surface area contributed by atoms with Crippen LogP contribution in [0.4, 0.5) is 4.39 Å². The van der Waals surface area contributed by atoms with E-state index in [0.29, 0.717) is 24.9 Å². The van der Waals surface area contributed by atoms with Crippen LogP contribution in [-0.2, 0) is 0 Å². The third kappa shape index (κ3) is 3.06. The van der Waals surface area contributed by atoms with E-state index in [2.05, 4.69) is 15.5 Å². The maximum Gasteiger partial charge on any atom is 0.138 e. The van der Waals surface area contributed by atoms with Gasteiger partial charge >= 0.3 is 0 Å². The van der Waals surface area contributed by atoms with Crippen LogP contribution < -0.4 is 10.6 Å². The van der Waals surface area contributed by atoms with Crippen molar-refractivity contribution in [3.63, 3.8) is 0 Å². The summed E-state index contributed by atoms with van der Waals surface area (Å²) >= 11 is 1.71. The summed E-state index contributed by atoms with van der Waals surface area (Å²) in [7, 11) is 0. The normalized spacial score (nSPS) is 38.4. The Morgan fingerprint density at radius 3 is 2.80 bits per heavy atom. The van der Waals surface area contributed by atoms with Crippen LogP contribution in [0.3, 0.4) is 0 Å². The van der Waals surface area contributed by atoms with E-state index in [0.717, 1.165) is 26.2 Å². The fourth-order valence-corrected chi connectivity index (χ4v) is 3.05. The van der Waals surface area contributed by atoms with E-state index in [-0.39, 0.29) is 0 Å². The van der Waals surface area contributed by atoms with Crippen molar-refractivity contribution in [2.24, 2.45) is 0 Å². The van der Waals surface area contributed by atoms with Crippen LogP contribution >= 0.6 is 11.8 Å². The van der Waals surface area contributed by atoms with Gasteiger partial charge in [-0.3, -0.25) is 4.90 Å². The maximum atomic E-state index is 14.4. The molecular formula is C10H20FN3S. The molecule has 15 heavy (non-hydrogen) atoms. The molecule has 2 aliphatic rings. The number of nitrogens with one attached hydrogen (secondary N) is 2. The molecule has 0 aromatic rings. The lowest BCUT2D eigenvalue weighted by atomic mass is 10.0. The standard InChI is InChI=1S/C10H20FN3S/c1-15-9-6-10(11,7-13-9)8-14-4-2-12-3-5-14/h9,12-13H,2-8H2,1H3/t9-,10-/m1/s1. The van der Waals surface area contributed by atoms with Crippen LogP contribution in [0.15, 0.2) is 0 Å². The molecule has 0 amide bonds. The van der Waals surface area contributed by atoms with E-state index < -0.39 is 5.67 Å². The quantitative estimate of drug-likeness (QED) is 0.732. The number of halogens is 1. The van der Waals surface area contributed by atoms with Crippen molar-refractivity contribution in [1.82, 2.24) is 15.5 Å². The molecule has 0 spiro atoms. The molecule has 2 atom stereocenters. The van der Waals surface area contributed by atoms with Gasteiger partial charge in [0.05, 0.1) is 5.37 Å². The molecule has 0 unspecified atom stereocenters. The smallest absolute Gasteiger partial charge is 0.138 e. The molecule has 2 saturated heterocycles. The highest BCUT2D eigenvalue weighted by Gasteiger charge is 2.40. The second-order valence-corrected chi connectivity index (χ2v) is 5.53. The summed E-state index contributed by atoms with van der Waals surface area (Å²) in [5.41, 5.74) is -1.01. The Bertz CT molecular complexity index is 211. The minimum absolute atomic E-state index is 0.304.